The number of hydrogen-bond acceptors (Lipinski definition) is 0. The van der Waals surface area contributed by atoms with Gasteiger partial charge in [0, 0.05) is 36.8 Å². The first-order valence-electron chi connectivity index (χ1n) is 6.74. The fourth-order valence-electron chi connectivity index (χ4n) is 2.78. The molecule has 1 saturated carbocycles. The molecule has 1 radical (unpaired) electrons. The molecule has 0 aliphatic heterocycles. The molecule has 2 aromatic rings. The summed E-state index contributed by atoms with van der Waals surface area (Å²) in [5.41, 5.74) is 2.87. The molecule has 0 bridgehead atoms. The van der Waals surface area contributed by atoms with Gasteiger partial charge in [-0.15, -0.1) is 0 Å². The third kappa shape index (κ3) is 2.43. The van der Waals surface area contributed by atoms with Crippen LogP contribution in [0.15, 0.2) is 60.7 Å². The molecule has 89 valence electrons. The van der Waals surface area contributed by atoms with E-state index in [1.54, 1.807) is 11.8 Å². The second-order valence-corrected chi connectivity index (χ2v) is 4.94. The lowest BCUT2D eigenvalue weighted by atomic mass is 9.76. The summed E-state index contributed by atoms with van der Waals surface area (Å²) in [6, 6.07) is 21.7. The maximum absolute atomic E-state index is 2.24. The fourth-order valence-corrected chi connectivity index (χ4v) is 2.78. The molecule has 0 unspecified atom stereocenters. The van der Waals surface area contributed by atoms with E-state index < -0.39 is 0 Å². The number of hydrogen-bond donors (Lipinski definition) is 0. The summed E-state index contributed by atoms with van der Waals surface area (Å²) in [7, 11) is 0. The first-order chi connectivity index (χ1) is 8.93. The topological polar surface area (TPSA) is 0 Å². The SMILES string of the molecule is c1ccc([C]2CC[C+](c3ccccc3)CC2)cc1. The molecule has 0 amide bonds. The summed E-state index contributed by atoms with van der Waals surface area (Å²) >= 11 is 0. The van der Waals surface area contributed by atoms with Crippen LogP contribution in [0.25, 0.3) is 0 Å². The largest absolute Gasteiger partial charge is 0.132 e. The smallest absolute Gasteiger partial charge is 0.0622 e. The minimum Gasteiger partial charge on any atom is -0.0622 e. The van der Waals surface area contributed by atoms with E-state index in [-0.39, 0.29) is 0 Å². The Morgan fingerprint density at radius 2 is 1.22 bits per heavy atom. The summed E-state index contributed by atoms with van der Waals surface area (Å²) in [5.74, 6) is 3.24. The Hall–Kier alpha value is -1.69. The van der Waals surface area contributed by atoms with Crippen LogP contribution in [0.2, 0.25) is 0 Å². The maximum Gasteiger partial charge on any atom is 0.132 e. The van der Waals surface area contributed by atoms with Crippen molar-refractivity contribution in [3.63, 3.8) is 0 Å². The van der Waals surface area contributed by atoms with E-state index in [1.807, 2.05) is 0 Å². The first-order valence-corrected chi connectivity index (χ1v) is 6.74. The van der Waals surface area contributed by atoms with Crippen molar-refractivity contribution in [1.29, 1.82) is 0 Å². The van der Waals surface area contributed by atoms with Crippen LogP contribution in [0.3, 0.4) is 0 Å². The zero-order valence-electron chi connectivity index (χ0n) is 10.6. The molecule has 1 aliphatic rings. The Bertz CT molecular complexity index is 416. The summed E-state index contributed by atoms with van der Waals surface area (Å²) in [6.45, 7) is 0. The van der Waals surface area contributed by atoms with Crippen molar-refractivity contribution < 1.29 is 0 Å². The van der Waals surface area contributed by atoms with Crippen LogP contribution >= 0.6 is 0 Å². The molecule has 0 heteroatoms. The molecule has 18 heavy (non-hydrogen) atoms. The van der Waals surface area contributed by atoms with Gasteiger partial charge in [-0.1, -0.05) is 30.3 Å². The maximum atomic E-state index is 2.24. The highest BCUT2D eigenvalue weighted by Crippen LogP contribution is 2.38. The zero-order chi connectivity index (χ0) is 12.2. The molecular formula is C18H18+. The average Bonchev–Trinajstić information content (AvgIpc) is 2.49. The van der Waals surface area contributed by atoms with E-state index in [4.69, 9.17) is 0 Å². The minimum atomic E-state index is 1.22. The van der Waals surface area contributed by atoms with Gasteiger partial charge in [0.15, 0.2) is 0 Å². The van der Waals surface area contributed by atoms with Crippen molar-refractivity contribution in [1.82, 2.24) is 0 Å². The van der Waals surface area contributed by atoms with Crippen molar-refractivity contribution in [2.45, 2.75) is 25.7 Å². The van der Waals surface area contributed by atoms with Gasteiger partial charge in [-0.25, -0.2) is 0 Å². The van der Waals surface area contributed by atoms with E-state index in [1.165, 1.54) is 36.8 Å². The van der Waals surface area contributed by atoms with Gasteiger partial charge in [0.2, 0.25) is 0 Å². The van der Waals surface area contributed by atoms with Gasteiger partial charge < -0.3 is 0 Å². The van der Waals surface area contributed by atoms with Crippen LogP contribution in [0, 0.1) is 11.8 Å². The lowest BCUT2D eigenvalue weighted by Crippen LogP contribution is -2.13. The summed E-state index contributed by atoms with van der Waals surface area (Å²) in [6.07, 6.45) is 4.87. The van der Waals surface area contributed by atoms with Crippen LogP contribution in [0.4, 0.5) is 0 Å². The van der Waals surface area contributed by atoms with Crippen molar-refractivity contribution in [2.24, 2.45) is 0 Å². The van der Waals surface area contributed by atoms with Crippen molar-refractivity contribution in [3.8, 4) is 0 Å². The minimum absolute atomic E-state index is 1.22. The van der Waals surface area contributed by atoms with Gasteiger partial charge in [-0.3, -0.25) is 0 Å². The molecule has 0 atom stereocenters. The fraction of sp³-hybridized carbons (Fsp3) is 0.222. The number of benzene rings is 2. The van der Waals surface area contributed by atoms with Crippen LogP contribution < -0.4 is 0 Å². The highest BCUT2D eigenvalue weighted by atomic mass is 14.3. The molecule has 1 fully saturated rings. The van der Waals surface area contributed by atoms with Crippen molar-refractivity contribution in [3.05, 3.63) is 83.6 Å². The lowest BCUT2D eigenvalue weighted by Gasteiger charge is -2.24. The van der Waals surface area contributed by atoms with Crippen LogP contribution in [-0.4, -0.2) is 0 Å². The van der Waals surface area contributed by atoms with Gasteiger partial charge in [0.25, 0.3) is 0 Å². The third-order valence-electron chi connectivity index (χ3n) is 3.82. The molecule has 0 heterocycles. The lowest BCUT2D eigenvalue weighted by molar-refractivity contribution is 0.603. The highest BCUT2D eigenvalue weighted by Gasteiger charge is 2.27. The van der Waals surface area contributed by atoms with E-state index in [2.05, 4.69) is 60.7 Å². The van der Waals surface area contributed by atoms with Crippen molar-refractivity contribution in [2.75, 3.05) is 0 Å². The average molecular weight is 234 g/mol. The van der Waals surface area contributed by atoms with Gasteiger partial charge in [-0.2, -0.15) is 0 Å². The standard InChI is InChI=1S/C18H18/c1-3-7-15(8-4-1)17-11-13-18(14-12-17)16-9-5-2-6-10-16/h1-10H,11-14H2/q+1. The molecular weight excluding hydrogens is 216 g/mol. The third-order valence-corrected chi connectivity index (χ3v) is 3.82. The predicted molar refractivity (Wildman–Crippen MR) is 76.0 cm³/mol. The second-order valence-electron chi connectivity index (χ2n) is 4.94. The van der Waals surface area contributed by atoms with Gasteiger partial charge >= 0.3 is 0 Å². The molecule has 0 aromatic heterocycles. The molecule has 2 aromatic carbocycles. The highest BCUT2D eigenvalue weighted by molar-refractivity contribution is 5.37. The van der Waals surface area contributed by atoms with Gasteiger partial charge in [-0.05, 0) is 36.6 Å². The Kier molecular flexibility index (Phi) is 3.36. The monoisotopic (exact) mass is 234 g/mol. The first kappa shape index (κ1) is 11.4. The Balaban J connectivity index is 1.65. The second kappa shape index (κ2) is 5.30. The zero-order valence-corrected chi connectivity index (χ0v) is 10.6. The Morgan fingerprint density at radius 1 is 0.667 bits per heavy atom. The van der Waals surface area contributed by atoms with E-state index in [0.717, 1.165) is 0 Å². The number of rotatable bonds is 2. The quantitative estimate of drug-likeness (QED) is 0.654. The van der Waals surface area contributed by atoms with Crippen LogP contribution in [0.1, 0.15) is 36.8 Å². The summed E-state index contributed by atoms with van der Waals surface area (Å²) < 4.78 is 0. The molecule has 0 N–H and O–H groups in total. The van der Waals surface area contributed by atoms with Crippen molar-refractivity contribution >= 4 is 0 Å². The normalized spacial score (nSPS) is 16.8. The van der Waals surface area contributed by atoms with Crippen LogP contribution in [-0.2, 0) is 0 Å². The Morgan fingerprint density at radius 3 is 1.83 bits per heavy atom. The van der Waals surface area contributed by atoms with Crippen LogP contribution in [0.5, 0.6) is 0 Å². The summed E-state index contributed by atoms with van der Waals surface area (Å²) in [4.78, 5) is 0. The predicted octanol–water partition coefficient (Wildman–Crippen LogP) is 4.81. The van der Waals surface area contributed by atoms with E-state index >= 15 is 0 Å². The Labute approximate surface area is 110 Å². The van der Waals surface area contributed by atoms with E-state index in [9.17, 15) is 0 Å². The molecule has 3 rings (SSSR count). The molecule has 1 aliphatic carbocycles. The van der Waals surface area contributed by atoms with Gasteiger partial charge in [0.05, 0.1) is 0 Å². The molecule has 0 saturated heterocycles. The van der Waals surface area contributed by atoms with Gasteiger partial charge in [0.1, 0.15) is 5.56 Å². The van der Waals surface area contributed by atoms with E-state index in [0.29, 0.717) is 0 Å². The summed E-state index contributed by atoms with van der Waals surface area (Å²) in [5, 5.41) is 0. The molecule has 0 spiro atoms. The molecule has 0 nitrogen and oxygen atoms in total.